The smallest absolute Gasteiger partial charge is 0.337 e. The second-order valence-corrected chi connectivity index (χ2v) is 3.58. The number of benzene rings is 1. The van der Waals surface area contributed by atoms with Crippen molar-refractivity contribution >= 4 is 11.7 Å². The first-order valence-corrected chi connectivity index (χ1v) is 5.23. The number of hydrogen-bond donors (Lipinski definition) is 1. The van der Waals surface area contributed by atoms with E-state index >= 15 is 0 Å². The second kappa shape index (κ2) is 5.39. The molecule has 0 aliphatic carbocycles. The lowest BCUT2D eigenvalue weighted by molar-refractivity contribution is 0.0601. The maximum Gasteiger partial charge on any atom is 0.337 e. The molecule has 1 aromatic carbocycles. The Balaban J connectivity index is 2.87. The van der Waals surface area contributed by atoms with E-state index < -0.39 is 5.97 Å². The molecule has 16 heavy (non-hydrogen) atoms. The zero-order valence-corrected chi connectivity index (χ0v) is 9.82. The molecule has 0 aromatic heterocycles. The van der Waals surface area contributed by atoms with Crippen LogP contribution in [0.15, 0.2) is 18.2 Å². The highest BCUT2D eigenvalue weighted by atomic mass is 16.5. The molecule has 0 bridgehead atoms. The molecule has 1 aromatic rings. The van der Waals surface area contributed by atoms with Crippen LogP contribution in [-0.4, -0.2) is 19.2 Å². The number of carbonyl (C=O) groups is 1. The van der Waals surface area contributed by atoms with E-state index in [4.69, 9.17) is 10.5 Å². The Morgan fingerprint density at radius 3 is 2.69 bits per heavy atom. The van der Waals surface area contributed by atoms with Crippen LogP contribution in [0.2, 0.25) is 0 Å². The molecule has 4 nitrogen and oxygen atoms in total. The van der Waals surface area contributed by atoms with Gasteiger partial charge in [-0.1, -0.05) is 6.92 Å². The molecule has 1 atom stereocenters. The average molecular weight is 223 g/mol. The van der Waals surface area contributed by atoms with E-state index in [1.54, 1.807) is 18.2 Å². The maximum atomic E-state index is 11.2. The molecule has 0 radical (unpaired) electrons. The lowest BCUT2D eigenvalue weighted by Gasteiger charge is -2.14. The highest BCUT2D eigenvalue weighted by Crippen LogP contribution is 2.24. The summed E-state index contributed by atoms with van der Waals surface area (Å²) in [5.41, 5.74) is 6.66. The zero-order valence-electron chi connectivity index (χ0n) is 9.82. The van der Waals surface area contributed by atoms with Crippen molar-refractivity contribution in [3.05, 3.63) is 23.8 Å². The van der Waals surface area contributed by atoms with Gasteiger partial charge in [0.2, 0.25) is 0 Å². The van der Waals surface area contributed by atoms with E-state index in [1.807, 2.05) is 13.8 Å². The van der Waals surface area contributed by atoms with Crippen LogP contribution in [0.5, 0.6) is 5.75 Å². The molecule has 0 saturated heterocycles. The monoisotopic (exact) mass is 223 g/mol. The van der Waals surface area contributed by atoms with Crippen molar-refractivity contribution in [2.75, 3.05) is 12.8 Å². The van der Waals surface area contributed by atoms with Gasteiger partial charge in [-0.3, -0.25) is 0 Å². The second-order valence-electron chi connectivity index (χ2n) is 3.58. The van der Waals surface area contributed by atoms with Gasteiger partial charge >= 0.3 is 5.97 Å². The molecule has 88 valence electrons. The molecule has 0 spiro atoms. The van der Waals surface area contributed by atoms with E-state index in [1.165, 1.54) is 7.11 Å². The average Bonchev–Trinajstić information content (AvgIpc) is 2.30. The predicted molar refractivity (Wildman–Crippen MR) is 62.6 cm³/mol. The SMILES string of the molecule is CCC(C)Oc1ccc(C(=O)OC)cc1N. The molecule has 0 aliphatic rings. The lowest BCUT2D eigenvalue weighted by Crippen LogP contribution is -2.11. The Hall–Kier alpha value is -1.71. The molecule has 2 N–H and O–H groups in total. The number of ether oxygens (including phenoxy) is 2. The summed E-state index contributed by atoms with van der Waals surface area (Å²) in [5, 5.41) is 0. The summed E-state index contributed by atoms with van der Waals surface area (Å²) in [6.07, 6.45) is 1.00. The van der Waals surface area contributed by atoms with Gasteiger partial charge in [0, 0.05) is 0 Å². The van der Waals surface area contributed by atoms with Crippen molar-refractivity contribution in [1.82, 2.24) is 0 Å². The third kappa shape index (κ3) is 2.89. The van der Waals surface area contributed by atoms with E-state index in [9.17, 15) is 4.79 Å². The van der Waals surface area contributed by atoms with Crippen molar-refractivity contribution in [3.8, 4) is 5.75 Å². The van der Waals surface area contributed by atoms with Gasteiger partial charge in [-0.2, -0.15) is 0 Å². The van der Waals surface area contributed by atoms with Crippen molar-refractivity contribution in [2.45, 2.75) is 26.4 Å². The summed E-state index contributed by atoms with van der Waals surface area (Å²) < 4.78 is 10.2. The van der Waals surface area contributed by atoms with Gasteiger partial charge in [-0.05, 0) is 31.5 Å². The fourth-order valence-electron chi connectivity index (χ4n) is 1.20. The highest BCUT2D eigenvalue weighted by Gasteiger charge is 2.10. The Morgan fingerprint density at radius 2 is 2.19 bits per heavy atom. The minimum Gasteiger partial charge on any atom is -0.489 e. The topological polar surface area (TPSA) is 61.5 Å². The molecule has 0 fully saturated rings. The van der Waals surface area contributed by atoms with Gasteiger partial charge in [-0.25, -0.2) is 4.79 Å². The van der Waals surface area contributed by atoms with E-state index in [0.29, 0.717) is 17.0 Å². The Labute approximate surface area is 95.3 Å². The molecule has 0 amide bonds. The van der Waals surface area contributed by atoms with Crippen LogP contribution in [0.1, 0.15) is 30.6 Å². The summed E-state index contributed by atoms with van der Waals surface area (Å²) in [7, 11) is 1.34. The summed E-state index contributed by atoms with van der Waals surface area (Å²) in [6.45, 7) is 4.00. The van der Waals surface area contributed by atoms with Crippen LogP contribution in [0.3, 0.4) is 0 Å². The van der Waals surface area contributed by atoms with Crippen molar-refractivity contribution in [2.24, 2.45) is 0 Å². The zero-order chi connectivity index (χ0) is 12.1. The third-order valence-corrected chi connectivity index (χ3v) is 2.33. The quantitative estimate of drug-likeness (QED) is 0.628. The number of hydrogen-bond acceptors (Lipinski definition) is 4. The summed E-state index contributed by atoms with van der Waals surface area (Å²) >= 11 is 0. The molecule has 0 heterocycles. The van der Waals surface area contributed by atoms with Crippen LogP contribution < -0.4 is 10.5 Å². The Bertz CT molecular complexity index is 377. The van der Waals surface area contributed by atoms with E-state index in [2.05, 4.69) is 4.74 Å². The standard InChI is InChI=1S/C12H17NO3/c1-4-8(2)16-11-6-5-9(7-10(11)13)12(14)15-3/h5-8H,4,13H2,1-3H3. The molecule has 4 heteroatoms. The fourth-order valence-corrected chi connectivity index (χ4v) is 1.20. The Morgan fingerprint density at radius 1 is 1.50 bits per heavy atom. The van der Waals surface area contributed by atoms with Crippen LogP contribution in [0.4, 0.5) is 5.69 Å². The lowest BCUT2D eigenvalue weighted by atomic mass is 10.2. The summed E-state index contributed by atoms with van der Waals surface area (Å²) in [5.74, 6) is 0.198. The van der Waals surface area contributed by atoms with Crippen molar-refractivity contribution in [3.63, 3.8) is 0 Å². The number of esters is 1. The normalized spacial score (nSPS) is 11.9. The fraction of sp³-hybridized carbons (Fsp3) is 0.417. The predicted octanol–water partition coefficient (Wildman–Crippen LogP) is 2.23. The molecule has 1 rings (SSSR count). The third-order valence-electron chi connectivity index (χ3n) is 2.33. The van der Waals surface area contributed by atoms with Gasteiger partial charge in [0.25, 0.3) is 0 Å². The first-order valence-electron chi connectivity index (χ1n) is 5.23. The number of rotatable bonds is 4. The molecule has 1 unspecified atom stereocenters. The summed E-state index contributed by atoms with van der Waals surface area (Å²) in [4.78, 5) is 11.2. The first kappa shape index (κ1) is 12.4. The largest absolute Gasteiger partial charge is 0.489 e. The highest BCUT2D eigenvalue weighted by molar-refractivity contribution is 5.90. The first-order chi connectivity index (χ1) is 7.58. The minimum atomic E-state index is -0.401. The number of carbonyl (C=O) groups excluding carboxylic acids is 1. The van der Waals surface area contributed by atoms with Gasteiger partial charge < -0.3 is 15.2 Å². The van der Waals surface area contributed by atoms with Gasteiger partial charge in [0.15, 0.2) is 0 Å². The van der Waals surface area contributed by atoms with Crippen LogP contribution in [0, 0.1) is 0 Å². The van der Waals surface area contributed by atoms with Crippen molar-refractivity contribution < 1.29 is 14.3 Å². The molecular weight excluding hydrogens is 206 g/mol. The van der Waals surface area contributed by atoms with Crippen molar-refractivity contribution in [1.29, 1.82) is 0 Å². The molecular formula is C12H17NO3. The maximum absolute atomic E-state index is 11.2. The van der Waals surface area contributed by atoms with Crippen LogP contribution >= 0.6 is 0 Å². The van der Waals surface area contributed by atoms with Gasteiger partial charge in [0.1, 0.15) is 5.75 Å². The summed E-state index contributed by atoms with van der Waals surface area (Å²) in [6, 6.07) is 4.89. The van der Waals surface area contributed by atoms with Gasteiger partial charge in [-0.15, -0.1) is 0 Å². The number of nitrogens with two attached hydrogens (primary N) is 1. The number of anilines is 1. The van der Waals surface area contributed by atoms with E-state index in [-0.39, 0.29) is 6.10 Å². The Kier molecular flexibility index (Phi) is 4.17. The van der Waals surface area contributed by atoms with E-state index in [0.717, 1.165) is 6.42 Å². The molecule has 0 saturated carbocycles. The van der Waals surface area contributed by atoms with Crippen LogP contribution in [-0.2, 0) is 4.74 Å². The number of methoxy groups -OCH3 is 1. The van der Waals surface area contributed by atoms with Crippen LogP contribution in [0.25, 0.3) is 0 Å². The van der Waals surface area contributed by atoms with Gasteiger partial charge in [0.05, 0.1) is 24.5 Å². The molecule has 0 aliphatic heterocycles. The number of nitrogen functional groups attached to an aromatic ring is 1. The minimum absolute atomic E-state index is 0.103.